The second-order valence-corrected chi connectivity index (χ2v) is 7.38. The van der Waals surface area contributed by atoms with Crippen LogP contribution in [-0.2, 0) is 13.0 Å². The number of benzene rings is 1. The lowest BCUT2D eigenvalue weighted by atomic mass is 9.67. The number of Topliss-reactive ketones (excluding diaryl/α,β-unsaturated/α-hetero) is 1. The summed E-state index contributed by atoms with van der Waals surface area (Å²) in [6, 6.07) is 4.59. The number of H-pyrrole nitrogens is 1. The van der Waals surface area contributed by atoms with Gasteiger partial charge >= 0.3 is 0 Å². The van der Waals surface area contributed by atoms with E-state index in [0.29, 0.717) is 17.5 Å². The van der Waals surface area contributed by atoms with E-state index in [2.05, 4.69) is 23.8 Å². The molecule has 1 aliphatic carbocycles. The highest BCUT2D eigenvalue weighted by Crippen LogP contribution is 2.42. The molecule has 1 unspecified atom stereocenters. The summed E-state index contributed by atoms with van der Waals surface area (Å²) in [4.78, 5) is 20.8. The summed E-state index contributed by atoms with van der Waals surface area (Å²) >= 11 is 0. The van der Waals surface area contributed by atoms with E-state index < -0.39 is 0 Å². The van der Waals surface area contributed by atoms with E-state index >= 15 is 0 Å². The fourth-order valence-corrected chi connectivity index (χ4v) is 3.87. The Bertz CT molecular complexity index is 951. The summed E-state index contributed by atoms with van der Waals surface area (Å²) < 4.78 is 15.7. The van der Waals surface area contributed by atoms with Crippen LogP contribution in [-0.4, -0.2) is 20.3 Å². The van der Waals surface area contributed by atoms with Gasteiger partial charge in [-0.15, -0.1) is 0 Å². The van der Waals surface area contributed by atoms with Crippen LogP contribution in [0.2, 0.25) is 0 Å². The largest absolute Gasteiger partial charge is 0.358 e. The van der Waals surface area contributed by atoms with Gasteiger partial charge in [-0.1, -0.05) is 13.8 Å². The monoisotopic (exact) mass is 325 g/mol. The van der Waals surface area contributed by atoms with Crippen LogP contribution in [0.3, 0.4) is 0 Å². The Hall–Kier alpha value is -2.43. The molecule has 5 heteroatoms. The van der Waals surface area contributed by atoms with Crippen LogP contribution < -0.4 is 0 Å². The number of rotatable bonds is 2. The minimum atomic E-state index is -0.316. The average Bonchev–Trinajstić information content (AvgIpc) is 3.05. The minimum Gasteiger partial charge on any atom is -0.358 e. The highest BCUT2D eigenvalue weighted by atomic mass is 19.1. The number of nitrogens with zero attached hydrogens (tertiary/aromatic N) is 2. The fourth-order valence-electron chi connectivity index (χ4n) is 3.87. The Morgan fingerprint density at radius 3 is 2.92 bits per heavy atom. The van der Waals surface area contributed by atoms with Crippen molar-refractivity contribution in [1.29, 1.82) is 0 Å². The van der Waals surface area contributed by atoms with Gasteiger partial charge in [0, 0.05) is 47.0 Å². The normalized spacial score (nSPS) is 19.7. The number of hydrogen-bond donors (Lipinski definition) is 1. The number of aromatic amines is 1. The number of aryl methyl sites for hydroxylation is 1. The molecule has 0 fully saturated rings. The third kappa shape index (κ3) is 2.19. The van der Waals surface area contributed by atoms with E-state index in [9.17, 15) is 9.18 Å². The average molecular weight is 325 g/mol. The zero-order chi connectivity index (χ0) is 17.1. The second-order valence-electron chi connectivity index (χ2n) is 7.38. The first-order chi connectivity index (χ1) is 11.4. The number of aromatic nitrogens is 3. The maximum Gasteiger partial charge on any atom is 0.170 e. The number of fused-ring (bicyclic) bond motifs is 3. The summed E-state index contributed by atoms with van der Waals surface area (Å²) in [6.07, 6.45) is 4.42. The number of hydrogen-bond acceptors (Lipinski definition) is 2. The van der Waals surface area contributed by atoms with E-state index in [1.807, 2.05) is 17.7 Å². The quantitative estimate of drug-likeness (QED) is 0.777. The van der Waals surface area contributed by atoms with Gasteiger partial charge in [-0.25, -0.2) is 9.37 Å². The number of nitrogens with one attached hydrogen (secondary N) is 1. The Kier molecular flexibility index (Phi) is 3.17. The van der Waals surface area contributed by atoms with Gasteiger partial charge < -0.3 is 9.55 Å². The van der Waals surface area contributed by atoms with Crippen molar-refractivity contribution in [2.75, 3.05) is 0 Å². The smallest absolute Gasteiger partial charge is 0.170 e. The van der Waals surface area contributed by atoms with E-state index in [0.717, 1.165) is 23.5 Å². The van der Waals surface area contributed by atoms with Crippen molar-refractivity contribution in [3.63, 3.8) is 0 Å². The molecule has 0 saturated carbocycles. The first-order valence-corrected chi connectivity index (χ1v) is 8.19. The molecule has 3 aromatic rings. The number of carbonyl (C=O) groups is 1. The van der Waals surface area contributed by atoms with Crippen molar-refractivity contribution in [1.82, 2.24) is 14.5 Å². The third-order valence-corrected chi connectivity index (χ3v) is 5.28. The lowest BCUT2D eigenvalue weighted by Gasteiger charge is -2.37. The zero-order valence-electron chi connectivity index (χ0n) is 14.1. The van der Waals surface area contributed by atoms with Crippen molar-refractivity contribution in [2.45, 2.75) is 33.7 Å². The molecule has 2 heterocycles. The van der Waals surface area contributed by atoms with E-state index in [-0.39, 0.29) is 22.9 Å². The predicted octanol–water partition coefficient (Wildman–Crippen LogP) is 3.89. The molecule has 0 spiro atoms. The van der Waals surface area contributed by atoms with E-state index in [1.165, 1.54) is 12.1 Å². The van der Waals surface area contributed by atoms with Crippen molar-refractivity contribution < 1.29 is 9.18 Å². The summed E-state index contributed by atoms with van der Waals surface area (Å²) in [7, 11) is 0. The first kappa shape index (κ1) is 15.1. The number of carbonyl (C=O) groups excluding carboxylic acids is 1. The van der Waals surface area contributed by atoms with E-state index in [4.69, 9.17) is 0 Å². The molecule has 4 nitrogen and oxygen atoms in total. The zero-order valence-corrected chi connectivity index (χ0v) is 14.1. The van der Waals surface area contributed by atoms with Crippen molar-refractivity contribution in [3.8, 4) is 0 Å². The topological polar surface area (TPSA) is 50.7 Å². The Morgan fingerprint density at radius 2 is 2.21 bits per heavy atom. The molecule has 0 radical (unpaired) electrons. The summed E-state index contributed by atoms with van der Waals surface area (Å²) in [5.41, 5.74) is 2.22. The standard InChI is InChI=1S/C19H20FN3O/c1-11-21-6-7-23(11)10-14-18(24)17-13-8-12(20)4-5-15(13)22-16(17)9-19(14,2)3/h4-8,14,22H,9-10H2,1-3H3. The third-order valence-electron chi connectivity index (χ3n) is 5.28. The van der Waals surface area contributed by atoms with Crippen LogP contribution in [0.15, 0.2) is 30.6 Å². The van der Waals surface area contributed by atoms with Crippen LogP contribution in [0.1, 0.15) is 35.7 Å². The van der Waals surface area contributed by atoms with Gasteiger partial charge in [0.2, 0.25) is 0 Å². The summed E-state index contributed by atoms with van der Waals surface area (Å²) in [5, 5.41) is 0.692. The summed E-state index contributed by atoms with van der Waals surface area (Å²) in [6.45, 7) is 6.78. The predicted molar refractivity (Wildman–Crippen MR) is 90.5 cm³/mol. The molecule has 1 aliphatic rings. The highest BCUT2D eigenvalue weighted by Gasteiger charge is 2.43. The van der Waals surface area contributed by atoms with Crippen LogP contribution in [0.5, 0.6) is 0 Å². The highest BCUT2D eigenvalue weighted by molar-refractivity contribution is 6.11. The van der Waals surface area contributed by atoms with Gasteiger partial charge in [-0.2, -0.15) is 0 Å². The van der Waals surface area contributed by atoms with Crippen molar-refractivity contribution >= 4 is 16.7 Å². The lowest BCUT2D eigenvalue weighted by molar-refractivity contribution is 0.0730. The second kappa shape index (κ2) is 5.03. The molecular weight excluding hydrogens is 305 g/mol. The number of imidazole rings is 1. The van der Waals surface area contributed by atoms with Gasteiger partial charge in [0.15, 0.2) is 5.78 Å². The van der Waals surface area contributed by atoms with Gasteiger partial charge in [-0.05, 0) is 37.0 Å². The van der Waals surface area contributed by atoms with Gasteiger partial charge in [0.25, 0.3) is 0 Å². The van der Waals surface area contributed by atoms with Crippen LogP contribution in [0.4, 0.5) is 4.39 Å². The molecule has 1 N–H and O–H groups in total. The maximum atomic E-state index is 13.7. The molecule has 4 rings (SSSR count). The lowest BCUT2D eigenvalue weighted by Crippen LogP contribution is -2.40. The molecule has 1 atom stereocenters. The molecule has 24 heavy (non-hydrogen) atoms. The van der Waals surface area contributed by atoms with Crippen molar-refractivity contribution in [3.05, 3.63) is 53.5 Å². The Labute approximate surface area is 139 Å². The SMILES string of the molecule is Cc1nccn1CC1C(=O)c2c([nH]c3ccc(F)cc23)CC1(C)C. The maximum absolute atomic E-state index is 13.7. The minimum absolute atomic E-state index is 0.0891. The fraction of sp³-hybridized carbons (Fsp3) is 0.368. The number of ketones is 1. The molecule has 124 valence electrons. The van der Waals surface area contributed by atoms with Gasteiger partial charge in [-0.3, -0.25) is 4.79 Å². The van der Waals surface area contributed by atoms with Gasteiger partial charge in [0.05, 0.1) is 0 Å². The molecular formula is C19H20FN3O. The molecule has 1 aromatic carbocycles. The van der Waals surface area contributed by atoms with Crippen LogP contribution >= 0.6 is 0 Å². The molecule has 2 aromatic heterocycles. The van der Waals surface area contributed by atoms with Crippen molar-refractivity contribution in [2.24, 2.45) is 11.3 Å². The Balaban J connectivity index is 1.83. The first-order valence-electron chi connectivity index (χ1n) is 8.19. The summed E-state index contributed by atoms with van der Waals surface area (Å²) in [5.74, 6) is 0.504. The molecule has 0 bridgehead atoms. The van der Waals surface area contributed by atoms with Gasteiger partial charge in [0.1, 0.15) is 11.6 Å². The molecule has 0 amide bonds. The Morgan fingerprint density at radius 1 is 1.42 bits per heavy atom. The molecule has 0 aliphatic heterocycles. The van der Waals surface area contributed by atoms with Crippen LogP contribution in [0.25, 0.3) is 10.9 Å². The van der Waals surface area contributed by atoms with E-state index in [1.54, 1.807) is 12.3 Å². The van der Waals surface area contributed by atoms with Crippen LogP contribution in [0, 0.1) is 24.1 Å². The number of halogens is 1. The molecule has 0 saturated heterocycles.